The molecule has 2 aromatic heterocycles. The normalized spacial score (nSPS) is 13.5. The predicted octanol–water partition coefficient (Wildman–Crippen LogP) is 3.97. The summed E-state index contributed by atoms with van der Waals surface area (Å²) >= 11 is 0. The van der Waals surface area contributed by atoms with E-state index >= 15 is 0 Å². The molecule has 1 amide bonds. The van der Waals surface area contributed by atoms with Crippen LogP contribution in [-0.4, -0.2) is 53.5 Å². The quantitative estimate of drug-likeness (QED) is 0.393. The van der Waals surface area contributed by atoms with Gasteiger partial charge in [-0.3, -0.25) is 9.78 Å². The number of hydrogen-bond acceptors (Lipinski definition) is 8. The average Bonchev–Trinajstić information content (AvgIpc) is 2.93. The summed E-state index contributed by atoms with van der Waals surface area (Å²) in [4.78, 5) is 25.3. The zero-order valence-electron chi connectivity index (χ0n) is 20.4. The molecule has 1 aliphatic rings. The predicted molar refractivity (Wildman–Crippen MR) is 143 cm³/mol. The van der Waals surface area contributed by atoms with Crippen LogP contribution in [0.15, 0.2) is 67.6 Å². The number of nitrogens with one attached hydrogen (secondary N) is 3. The van der Waals surface area contributed by atoms with E-state index in [-0.39, 0.29) is 5.91 Å². The summed E-state index contributed by atoms with van der Waals surface area (Å²) in [5, 5.41) is 19.0. The lowest BCUT2D eigenvalue weighted by molar-refractivity contribution is -0.111. The molecule has 3 N–H and O–H groups in total. The molecule has 184 valence electrons. The Morgan fingerprint density at radius 2 is 1.89 bits per heavy atom. The number of nitriles is 1. The fraction of sp³-hybridized carbons (Fsp3) is 0.259. The van der Waals surface area contributed by atoms with Crippen LogP contribution in [0.4, 0.5) is 28.6 Å². The van der Waals surface area contributed by atoms with Gasteiger partial charge in [-0.25, -0.2) is 4.98 Å². The maximum absolute atomic E-state index is 12.2. The summed E-state index contributed by atoms with van der Waals surface area (Å²) in [5.41, 5.74) is 4.52. The van der Waals surface area contributed by atoms with E-state index in [0.29, 0.717) is 35.0 Å². The summed E-state index contributed by atoms with van der Waals surface area (Å²) in [7, 11) is 0. The van der Waals surface area contributed by atoms with Gasteiger partial charge >= 0.3 is 0 Å². The molecule has 3 heterocycles. The van der Waals surface area contributed by atoms with Gasteiger partial charge in [-0.05, 0) is 48.5 Å². The first-order chi connectivity index (χ1) is 17.6. The fourth-order valence-electron chi connectivity index (χ4n) is 4.04. The molecule has 36 heavy (non-hydrogen) atoms. The van der Waals surface area contributed by atoms with Crippen molar-refractivity contribution in [1.82, 2.24) is 14.9 Å². The van der Waals surface area contributed by atoms with Crippen LogP contribution in [-0.2, 0) is 11.3 Å². The smallest absolute Gasteiger partial charge is 0.247 e. The van der Waals surface area contributed by atoms with Gasteiger partial charge in [0.1, 0.15) is 11.9 Å². The molecule has 0 radical (unpaired) electrons. The van der Waals surface area contributed by atoms with E-state index in [1.54, 1.807) is 18.5 Å². The third-order valence-corrected chi connectivity index (χ3v) is 6.15. The topological polar surface area (TPSA) is 109 Å². The number of amides is 1. The Bertz CT molecular complexity index is 1250. The molecular formula is C27H30N8O. The minimum Gasteiger partial charge on any atom is -0.380 e. The zero-order chi connectivity index (χ0) is 25.3. The van der Waals surface area contributed by atoms with Crippen LogP contribution in [0.3, 0.4) is 0 Å². The fourth-order valence-corrected chi connectivity index (χ4v) is 4.04. The Morgan fingerprint density at radius 1 is 1.11 bits per heavy atom. The molecule has 0 atom stereocenters. The molecule has 0 spiro atoms. The third kappa shape index (κ3) is 6.17. The summed E-state index contributed by atoms with van der Waals surface area (Å²) in [6, 6.07) is 13.7. The monoisotopic (exact) mass is 482 g/mol. The molecule has 9 heteroatoms. The number of benzene rings is 1. The number of pyridine rings is 2. The second kappa shape index (κ2) is 11.8. The summed E-state index contributed by atoms with van der Waals surface area (Å²) in [6.45, 7) is 11.2. The van der Waals surface area contributed by atoms with Gasteiger partial charge in [0, 0.05) is 63.1 Å². The first kappa shape index (κ1) is 24.7. The summed E-state index contributed by atoms with van der Waals surface area (Å²) in [6.07, 6.45) is 6.24. The van der Waals surface area contributed by atoms with Gasteiger partial charge in [0.05, 0.1) is 22.6 Å². The molecule has 0 aliphatic carbocycles. The molecule has 3 aromatic rings. The molecule has 9 nitrogen and oxygen atoms in total. The molecule has 1 saturated heterocycles. The first-order valence-corrected chi connectivity index (χ1v) is 11.9. The Kier molecular flexibility index (Phi) is 8.11. The minimum absolute atomic E-state index is 0.293. The first-order valence-electron chi connectivity index (χ1n) is 11.9. The Hall–Kier alpha value is -4.42. The van der Waals surface area contributed by atoms with Crippen molar-refractivity contribution in [3.05, 3.63) is 78.8 Å². The maximum Gasteiger partial charge on any atom is 0.247 e. The number of hydrogen-bond donors (Lipinski definition) is 3. The molecule has 0 bridgehead atoms. The van der Waals surface area contributed by atoms with Crippen molar-refractivity contribution in [2.75, 3.05) is 53.6 Å². The van der Waals surface area contributed by atoms with Crippen LogP contribution in [0.1, 0.15) is 18.1 Å². The van der Waals surface area contributed by atoms with E-state index in [1.165, 1.54) is 12.3 Å². The Balaban J connectivity index is 1.56. The number of anilines is 5. The van der Waals surface area contributed by atoms with Crippen molar-refractivity contribution in [2.24, 2.45) is 0 Å². The van der Waals surface area contributed by atoms with Crippen molar-refractivity contribution in [2.45, 2.75) is 13.5 Å². The number of rotatable bonds is 9. The van der Waals surface area contributed by atoms with E-state index < -0.39 is 0 Å². The molecule has 0 saturated carbocycles. The van der Waals surface area contributed by atoms with Gasteiger partial charge in [-0.1, -0.05) is 13.5 Å². The van der Waals surface area contributed by atoms with Crippen molar-refractivity contribution in [3.8, 4) is 6.07 Å². The van der Waals surface area contributed by atoms with Gasteiger partial charge in [-0.15, -0.1) is 0 Å². The number of nitrogens with zero attached hydrogens (tertiary/aromatic N) is 5. The van der Waals surface area contributed by atoms with Crippen LogP contribution in [0.2, 0.25) is 0 Å². The van der Waals surface area contributed by atoms with Crippen LogP contribution < -0.4 is 20.9 Å². The zero-order valence-corrected chi connectivity index (χ0v) is 20.4. The van der Waals surface area contributed by atoms with Gasteiger partial charge in [0.25, 0.3) is 0 Å². The van der Waals surface area contributed by atoms with Gasteiger partial charge in [-0.2, -0.15) is 5.26 Å². The highest BCUT2D eigenvalue weighted by Crippen LogP contribution is 2.31. The molecule has 1 aliphatic heterocycles. The molecular weight excluding hydrogens is 452 g/mol. The van der Waals surface area contributed by atoms with E-state index in [2.05, 4.69) is 55.3 Å². The SMILES string of the molecule is C=CC(=O)Nc1cc(N2CCN(CC)CC2)ccc1Nc1cc(NCc2ccncc2)c(C#N)cn1. The van der Waals surface area contributed by atoms with Crippen LogP contribution in [0.25, 0.3) is 0 Å². The van der Waals surface area contributed by atoms with Gasteiger partial charge in [0.2, 0.25) is 5.91 Å². The van der Waals surface area contributed by atoms with Crippen LogP contribution in [0.5, 0.6) is 0 Å². The average molecular weight is 483 g/mol. The number of likely N-dealkylation sites (N-methyl/N-ethyl adjacent to an activating group) is 1. The maximum atomic E-state index is 12.2. The van der Waals surface area contributed by atoms with Gasteiger partial charge in [0.15, 0.2) is 0 Å². The number of aromatic nitrogens is 2. The highest BCUT2D eigenvalue weighted by atomic mass is 16.1. The number of piperazine rings is 1. The minimum atomic E-state index is -0.293. The Morgan fingerprint density at radius 3 is 2.58 bits per heavy atom. The second-order valence-corrected chi connectivity index (χ2v) is 8.41. The molecule has 4 rings (SSSR count). The molecule has 0 unspecified atom stereocenters. The lowest BCUT2D eigenvalue weighted by Crippen LogP contribution is -2.46. The second-order valence-electron chi connectivity index (χ2n) is 8.41. The number of carbonyl (C=O) groups excluding carboxylic acids is 1. The highest BCUT2D eigenvalue weighted by molar-refractivity contribution is 6.02. The van der Waals surface area contributed by atoms with Crippen molar-refractivity contribution >= 4 is 34.5 Å². The van der Waals surface area contributed by atoms with E-state index in [1.807, 2.05) is 30.3 Å². The van der Waals surface area contributed by atoms with Crippen LogP contribution >= 0.6 is 0 Å². The lowest BCUT2D eigenvalue weighted by atomic mass is 10.2. The standard InChI is InChI=1S/C27H30N8O/c1-3-27(36)33-25-15-22(35-13-11-34(4-2)12-14-35)5-6-23(25)32-26-16-24(21(17-28)19-31-26)30-18-20-7-9-29-10-8-20/h3,5-10,15-16,19H,1,4,11-14,18H2,2H3,(H,33,36)(H2,30,31,32). The third-order valence-electron chi connectivity index (χ3n) is 6.15. The Labute approximate surface area is 211 Å². The van der Waals surface area contributed by atoms with Crippen LogP contribution in [0, 0.1) is 11.3 Å². The lowest BCUT2D eigenvalue weighted by Gasteiger charge is -2.35. The van der Waals surface area contributed by atoms with E-state index in [0.717, 1.165) is 44.0 Å². The highest BCUT2D eigenvalue weighted by Gasteiger charge is 2.18. The molecule has 1 aromatic carbocycles. The van der Waals surface area contributed by atoms with Crippen molar-refractivity contribution in [3.63, 3.8) is 0 Å². The largest absolute Gasteiger partial charge is 0.380 e. The summed E-state index contributed by atoms with van der Waals surface area (Å²) in [5.74, 6) is 0.253. The summed E-state index contributed by atoms with van der Waals surface area (Å²) < 4.78 is 0. The van der Waals surface area contributed by atoms with E-state index in [4.69, 9.17) is 0 Å². The number of carbonyl (C=O) groups is 1. The van der Waals surface area contributed by atoms with Crippen molar-refractivity contribution < 1.29 is 4.79 Å². The van der Waals surface area contributed by atoms with Gasteiger partial charge < -0.3 is 25.8 Å². The van der Waals surface area contributed by atoms with Crippen molar-refractivity contribution in [1.29, 1.82) is 5.26 Å². The van der Waals surface area contributed by atoms with E-state index in [9.17, 15) is 10.1 Å². The molecule has 1 fully saturated rings.